The standard InChI is InChI=1S/C32H33N7O2/c33-19-21-11-15-38(16-12-21)28-10-9-23(20-34-28)26-18-27(32(40)41)35-31-29(26)30(22-5-3-6-22)36-39(31)25-8-4-7-24(17-25)37-13-1-2-14-37/h4,7-10,17-18,20-22H,1-3,5-6,11-16H2,(H,40,41). The second-order valence-electron chi connectivity index (χ2n) is 11.5. The molecule has 9 nitrogen and oxygen atoms in total. The molecule has 0 atom stereocenters. The highest BCUT2D eigenvalue weighted by Crippen LogP contribution is 2.43. The van der Waals surface area contributed by atoms with Gasteiger partial charge in [-0.2, -0.15) is 10.4 Å². The molecule has 0 unspecified atom stereocenters. The average molecular weight is 548 g/mol. The molecule has 3 aliphatic rings. The number of aromatic nitrogens is 4. The summed E-state index contributed by atoms with van der Waals surface area (Å²) in [5.74, 6) is 0.248. The molecule has 1 saturated carbocycles. The van der Waals surface area contributed by atoms with Gasteiger partial charge in [-0.25, -0.2) is 19.4 Å². The van der Waals surface area contributed by atoms with Gasteiger partial charge in [0.1, 0.15) is 5.82 Å². The van der Waals surface area contributed by atoms with Crippen LogP contribution in [0.5, 0.6) is 0 Å². The van der Waals surface area contributed by atoms with Crippen molar-refractivity contribution in [3.63, 3.8) is 0 Å². The van der Waals surface area contributed by atoms with Crippen LogP contribution in [-0.4, -0.2) is 57.0 Å². The summed E-state index contributed by atoms with van der Waals surface area (Å²) >= 11 is 0. The number of anilines is 2. The maximum absolute atomic E-state index is 12.3. The van der Waals surface area contributed by atoms with Crippen LogP contribution in [0.25, 0.3) is 27.8 Å². The third-order valence-electron chi connectivity index (χ3n) is 8.98. The van der Waals surface area contributed by atoms with Crippen molar-refractivity contribution in [1.82, 2.24) is 19.7 Å². The molecule has 4 aromatic rings. The minimum Gasteiger partial charge on any atom is -0.477 e. The lowest BCUT2D eigenvalue weighted by Crippen LogP contribution is -2.33. The average Bonchev–Trinajstić information content (AvgIpc) is 3.65. The van der Waals surface area contributed by atoms with Crippen molar-refractivity contribution < 1.29 is 9.90 Å². The topological polar surface area (TPSA) is 111 Å². The minimum atomic E-state index is -1.07. The molecule has 208 valence electrons. The molecule has 0 spiro atoms. The van der Waals surface area contributed by atoms with Crippen LogP contribution in [0.1, 0.15) is 67.0 Å². The van der Waals surface area contributed by atoms with Gasteiger partial charge in [-0.05, 0) is 80.5 Å². The monoisotopic (exact) mass is 547 g/mol. The van der Waals surface area contributed by atoms with Crippen LogP contribution in [0.2, 0.25) is 0 Å². The number of hydrogen-bond donors (Lipinski definition) is 1. The van der Waals surface area contributed by atoms with E-state index in [0.29, 0.717) is 11.6 Å². The van der Waals surface area contributed by atoms with E-state index in [4.69, 9.17) is 10.1 Å². The number of carbonyl (C=O) groups is 1. The fourth-order valence-electron chi connectivity index (χ4n) is 6.39. The van der Waals surface area contributed by atoms with Gasteiger partial charge in [-0.1, -0.05) is 12.5 Å². The molecular weight excluding hydrogens is 514 g/mol. The van der Waals surface area contributed by atoms with E-state index in [1.165, 1.54) is 12.8 Å². The van der Waals surface area contributed by atoms with Crippen LogP contribution in [0.3, 0.4) is 0 Å². The number of nitrogens with zero attached hydrogens (tertiary/aromatic N) is 7. The summed E-state index contributed by atoms with van der Waals surface area (Å²) in [6, 6.07) is 16.4. The Morgan fingerprint density at radius 2 is 1.71 bits per heavy atom. The van der Waals surface area contributed by atoms with Gasteiger partial charge in [-0.3, -0.25) is 0 Å². The second kappa shape index (κ2) is 10.5. The zero-order valence-corrected chi connectivity index (χ0v) is 23.0. The highest BCUT2D eigenvalue weighted by molar-refractivity contribution is 6.00. The Kier molecular flexibility index (Phi) is 6.54. The normalized spacial score (nSPS) is 18.0. The van der Waals surface area contributed by atoms with Crippen molar-refractivity contribution in [3.05, 3.63) is 60.0 Å². The Morgan fingerprint density at radius 3 is 2.37 bits per heavy atom. The number of benzene rings is 1. The number of hydrogen-bond acceptors (Lipinski definition) is 7. The summed E-state index contributed by atoms with van der Waals surface area (Å²) in [5.41, 5.74) is 5.25. The van der Waals surface area contributed by atoms with E-state index in [1.54, 1.807) is 6.07 Å². The van der Waals surface area contributed by atoms with Gasteiger partial charge in [-0.15, -0.1) is 0 Å². The van der Waals surface area contributed by atoms with Crippen molar-refractivity contribution in [2.24, 2.45) is 5.92 Å². The van der Waals surface area contributed by atoms with Gasteiger partial charge in [0.05, 0.1) is 22.8 Å². The molecule has 2 aliphatic heterocycles. The molecule has 1 aromatic carbocycles. The molecule has 0 amide bonds. The Balaban J connectivity index is 1.34. The third kappa shape index (κ3) is 4.67. The number of piperidine rings is 1. The number of carboxylic acids is 1. The van der Waals surface area contributed by atoms with Crippen molar-refractivity contribution >= 4 is 28.5 Å². The van der Waals surface area contributed by atoms with Crippen molar-refractivity contribution in [3.8, 4) is 22.9 Å². The van der Waals surface area contributed by atoms with E-state index >= 15 is 0 Å². The number of fused-ring (bicyclic) bond motifs is 1. The van der Waals surface area contributed by atoms with Crippen LogP contribution in [0.4, 0.5) is 11.5 Å². The first-order chi connectivity index (χ1) is 20.1. The van der Waals surface area contributed by atoms with Gasteiger partial charge >= 0.3 is 5.97 Å². The SMILES string of the molecule is N#CC1CCN(c2ccc(-c3cc(C(=O)O)nc4c3c(C3CCC3)nn4-c3cccc(N4CCCC4)c3)cn2)CC1. The summed E-state index contributed by atoms with van der Waals surface area (Å²) in [6.45, 7) is 3.70. The molecule has 2 saturated heterocycles. The third-order valence-corrected chi connectivity index (χ3v) is 8.98. The molecule has 1 aliphatic carbocycles. The van der Waals surface area contributed by atoms with E-state index in [0.717, 1.165) is 97.7 Å². The number of nitriles is 1. The summed E-state index contributed by atoms with van der Waals surface area (Å²) in [4.78, 5) is 26.3. The highest BCUT2D eigenvalue weighted by atomic mass is 16.4. The molecule has 1 N–H and O–H groups in total. The minimum absolute atomic E-state index is 0.00726. The Bertz CT molecular complexity index is 1640. The van der Waals surface area contributed by atoms with Gasteiger partial charge < -0.3 is 14.9 Å². The number of aromatic carboxylic acids is 1. The summed E-state index contributed by atoms with van der Waals surface area (Å²) in [7, 11) is 0. The first-order valence-electron chi connectivity index (χ1n) is 14.7. The Hall–Kier alpha value is -4.45. The van der Waals surface area contributed by atoms with Crippen LogP contribution >= 0.6 is 0 Å². The van der Waals surface area contributed by atoms with E-state index in [9.17, 15) is 15.2 Å². The molecule has 7 rings (SSSR count). The zero-order valence-electron chi connectivity index (χ0n) is 23.0. The van der Waals surface area contributed by atoms with Crippen LogP contribution in [0, 0.1) is 17.2 Å². The van der Waals surface area contributed by atoms with Crippen molar-refractivity contribution in [2.75, 3.05) is 36.0 Å². The summed E-state index contributed by atoms with van der Waals surface area (Å²) in [6.07, 6.45) is 9.20. The maximum atomic E-state index is 12.3. The summed E-state index contributed by atoms with van der Waals surface area (Å²) < 4.78 is 1.85. The second-order valence-corrected chi connectivity index (χ2v) is 11.5. The van der Waals surface area contributed by atoms with Crippen LogP contribution in [0.15, 0.2) is 48.7 Å². The van der Waals surface area contributed by atoms with Gasteiger partial charge in [0, 0.05) is 55.5 Å². The molecule has 5 heterocycles. The fraction of sp³-hybridized carbons (Fsp3) is 0.406. The zero-order chi connectivity index (χ0) is 27.9. The van der Waals surface area contributed by atoms with E-state index in [1.807, 2.05) is 35.1 Å². The van der Waals surface area contributed by atoms with E-state index < -0.39 is 5.97 Å². The van der Waals surface area contributed by atoms with Crippen molar-refractivity contribution in [1.29, 1.82) is 5.26 Å². The van der Waals surface area contributed by atoms with Crippen molar-refractivity contribution in [2.45, 2.75) is 50.9 Å². The fourth-order valence-corrected chi connectivity index (χ4v) is 6.39. The van der Waals surface area contributed by atoms with Gasteiger partial charge in [0.15, 0.2) is 11.3 Å². The first-order valence-corrected chi connectivity index (χ1v) is 14.7. The maximum Gasteiger partial charge on any atom is 0.354 e. The van der Waals surface area contributed by atoms with Gasteiger partial charge in [0.25, 0.3) is 0 Å². The molecule has 0 bridgehead atoms. The molecule has 3 aromatic heterocycles. The quantitative estimate of drug-likeness (QED) is 0.323. The first kappa shape index (κ1) is 25.5. The Morgan fingerprint density at radius 1 is 0.927 bits per heavy atom. The molecule has 3 fully saturated rings. The lowest BCUT2D eigenvalue weighted by molar-refractivity contribution is 0.0691. The lowest BCUT2D eigenvalue weighted by Gasteiger charge is -2.30. The van der Waals surface area contributed by atoms with Gasteiger partial charge in [0.2, 0.25) is 0 Å². The number of pyridine rings is 2. The molecule has 41 heavy (non-hydrogen) atoms. The predicted octanol–water partition coefficient (Wildman–Crippen LogP) is 5.79. The van der Waals surface area contributed by atoms with Crippen LogP contribution < -0.4 is 9.80 Å². The number of rotatable bonds is 6. The molecular formula is C32H33N7O2. The Labute approximate surface area is 239 Å². The lowest BCUT2D eigenvalue weighted by atomic mass is 9.81. The van der Waals surface area contributed by atoms with E-state index in [2.05, 4.69) is 33.0 Å². The highest BCUT2D eigenvalue weighted by Gasteiger charge is 2.30. The number of carboxylic acid groups (broad SMARTS) is 1. The largest absolute Gasteiger partial charge is 0.477 e. The van der Waals surface area contributed by atoms with Crippen LogP contribution in [-0.2, 0) is 0 Å². The summed E-state index contributed by atoms with van der Waals surface area (Å²) in [5, 5.41) is 25.3. The molecule has 0 radical (unpaired) electrons. The molecule has 9 heteroatoms. The van der Waals surface area contributed by atoms with E-state index in [-0.39, 0.29) is 11.6 Å². The smallest absolute Gasteiger partial charge is 0.354 e. The predicted molar refractivity (Wildman–Crippen MR) is 158 cm³/mol.